The lowest BCUT2D eigenvalue weighted by atomic mass is 10.1. The number of carbonyl (C=O) groups is 2. The number of benzene rings is 1. The minimum Gasteiger partial charge on any atom is -0.493 e. The highest BCUT2D eigenvalue weighted by Crippen LogP contribution is 2.27. The second kappa shape index (κ2) is 9.29. The van der Waals surface area contributed by atoms with E-state index in [1.807, 2.05) is 18.2 Å². The first-order valence-electron chi connectivity index (χ1n) is 7.43. The predicted molar refractivity (Wildman–Crippen MR) is 95.9 cm³/mol. The first kappa shape index (κ1) is 19.1. The van der Waals surface area contributed by atoms with E-state index in [-0.39, 0.29) is 12.5 Å². The van der Waals surface area contributed by atoms with E-state index in [1.54, 1.807) is 26.4 Å². The maximum atomic E-state index is 11.7. The summed E-state index contributed by atoms with van der Waals surface area (Å²) in [6, 6.07) is 8.72. The summed E-state index contributed by atoms with van der Waals surface area (Å²) in [5.74, 6) is 0.356. The van der Waals surface area contributed by atoms with Gasteiger partial charge in [-0.15, -0.1) is 11.3 Å². The lowest BCUT2D eigenvalue weighted by Gasteiger charge is -2.10. The van der Waals surface area contributed by atoms with Gasteiger partial charge in [-0.25, -0.2) is 4.79 Å². The van der Waals surface area contributed by atoms with Crippen LogP contribution in [0.2, 0.25) is 4.34 Å². The average molecular weight is 384 g/mol. The lowest BCUT2D eigenvalue weighted by molar-refractivity contribution is -0.124. The average Bonchev–Trinajstić information content (AvgIpc) is 3.06. The van der Waals surface area contributed by atoms with Gasteiger partial charge in [0.05, 0.1) is 18.6 Å². The van der Waals surface area contributed by atoms with Gasteiger partial charge >= 0.3 is 5.97 Å². The van der Waals surface area contributed by atoms with Crippen LogP contribution in [-0.2, 0) is 16.0 Å². The zero-order valence-electron chi connectivity index (χ0n) is 13.8. The van der Waals surface area contributed by atoms with Crippen LogP contribution in [0.4, 0.5) is 0 Å². The van der Waals surface area contributed by atoms with E-state index in [0.717, 1.165) is 16.9 Å². The predicted octanol–water partition coefficient (Wildman–Crippen LogP) is 2.93. The number of methoxy groups -OCH3 is 2. The molecule has 1 aromatic heterocycles. The Morgan fingerprint density at radius 3 is 2.52 bits per heavy atom. The number of carbonyl (C=O) groups excluding carboxylic acids is 2. The van der Waals surface area contributed by atoms with Crippen molar-refractivity contribution in [1.29, 1.82) is 0 Å². The number of hydrogen-bond acceptors (Lipinski definition) is 6. The molecule has 1 heterocycles. The minimum absolute atomic E-state index is 0.333. The van der Waals surface area contributed by atoms with E-state index in [4.69, 9.17) is 25.8 Å². The van der Waals surface area contributed by atoms with Crippen molar-refractivity contribution < 1.29 is 23.8 Å². The van der Waals surface area contributed by atoms with E-state index in [2.05, 4.69) is 5.32 Å². The molecule has 0 atom stereocenters. The van der Waals surface area contributed by atoms with Crippen LogP contribution in [-0.4, -0.2) is 39.2 Å². The Hall–Kier alpha value is -2.25. The molecule has 8 heteroatoms. The third kappa shape index (κ3) is 5.65. The van der Waals surface area contributed by atoms with Crippen LogP contribution < -0.4 is 14.8 Å². The molecule has 6 nitrogen and oxygen atoms in total. The zero-order chi connectivity index (χ0) is 18.2. The van der Waals surface area contributed by atoms with Gasteiger partial charge < -0.3 is 19.5 Å². The summed E-state index contributed by atoms with van der Waals surface area (Å²) in [7, 11) is 3.14. The van der Waals surface area contributed by atoms with E-state index >= 15 is 0 Å². The number of halogens is 1. The fraction of sp³-hybridized carbons (Fsp3) is 0.294. The van der Waals surface area contributed by atoms with Crippen molar-refractivity contribution >= 4 is 34.8 Å². The van der Waals surface area contributed by atoms with Crippen molar-refractivity contribution in [2.45, 2.75) is 6.42 Å². The fourth-order valence-electron chi connectivity index (χ4n) is 2.06. The van der Waals surface area contributed by atoms with E-state index < -0.39 is 5.97 Å². The van der Waals surface area contributed by atoms with Crippen molar-refractivity contribution in [1.82, 2.24) is 5.32 Å². The van der Waals surface area contributed by atoms with E-state index in [1.165, 1.54) is 0 Å². The molecule has 0 aliphatic carbocycles. The molecule has 0 saturated heterocycles. The topological polar surface area (TPSA) is 73.9 Å². The quantitative estimate of drug-likeness (QED) is 0.709. The van der Waals surface area contributed by atoms with Crippen molar-refractivity contribution in [2.24, 2.45) is 0 Å². The highest BCUT2D eigenvalue weighted by atomic mass is 35.5. The Labute approximate surface area is 154 Å². The van der Waals surface area contributed by atoms with Gasteiger partial charge in [-0.3, -0.25) is 4.79 Å². The van der Waals surface area contributed by atoms with E-state index in [9.17, 15) is 9.59 Å². The normalized spacial score (nSPS) is 10.2. The molecule has 1 aromatic carbocycles. The Balaban J connectivity index is 1.74. The maximum Gasteiger partial charge on any atom is 0.348 e. The van der Waals surface area contributed by atoms with Crippen LogP contribution in [0.3, 0.4) is 0 Å². The highest BCUT2D eigenvalue weighted by Gasteiger charge is 2.12. The molecular weight excluding hydrogens is 366 g/mol. The van der Waals surface area contributed by atoms with Crippen LogP contribution in [0.1, 0.15) is 15.2 Å². The molecule has 0 unspecified atom stereocenters. The van der Waals surface area contributed by atoms with Crippen molar-refractivity contribution in [3.63, 3.8) is 0 Å². The minimum atomic E-state index is -0.563. The van der Waals surface area contributed by atoms with Gasteiger partial charge in [0.2, 0.25) is 0 Å². The number of esters is 1. The van der Waals surface area contributed by atoms with Crippen molar-refractivity contribution in [3.8, 4) is 11.5 Å². The third-order valence-electron chi connectivity index (χ3n) is 3.29. The third-order valence-corrected chi connectivity index (χ3v) is 4.50. The number of thiophene rings is 1. The van der Waals surface area contributed by atoms with Gasteiger partial charge in [0, 0.05) is 6.54 Å². The lowest BCUT2D eigenvalue weighted by Crippen LogP contribution is -2.30. The monoisotopic (exact) mass is 383 g/mol. The molecule has 0 saturated carbocycles. The van der Waals surface area contributed by atoms with Crippen molar-refractivity contribution in [2.75, 3.05) is 27.4 Å². The molecule has 134 valence electrons. The molecule has 1 amide bonds. The SMILES string of the molecule is COc1ccc(CCNC(=O)COC(=O)c2ccc(Cl)s2)cc1OC. The number of ether oxygens (including phenoxy) is 3. The Morgan fingerprint density at radius 1 is 1.12 bits per heavy atom. The summed E-state index contributed by atoms with van der Waals surface area (Å²) in [6.07, 6.45) is 0.612. The molecule has 0 aliphatic heterocycles. The number of rotatable bonds is 8. The van der Waals surface area contributed by atoms with Crippen LogP contribution in [0, 0.1) is 0 Å². The largest absolute Gasteiger partial charge is 0.493 e. The van der Waals surface area contributed by atoms with Crippen LogP contribution in [0.5, 0.6) is 11.5 Å². The molecule has 25 heavy (non-hydrogen) atoms. The summed E-state index contributed by atoms with van der Waals surface area (Å²) >= 11 is 6.86. The second-order valence-corrected chi connectivity index (χ2v) is 6.68. The van der Waals surface area contributed by atoms with E-state index in [0.29, 0.717) is 33.7 Å². The number of hydrogen-bond donors (Lipinski definition) is 1. The summed E-state index contributed by atoms with van der Waals surface area (Å²) in [5.41, 5.74) is 0.989. The molecule has 1 N–H and O–H groups in total. The highest BCUT2D eigenvalue weighted by molar-refractivity contribution is 7.17. The van der Waals surface area contributed by atoms with Gasteiger partial charge in [0.15, 0.2) is 18.1 Å². The van der Waals surface area contributed by atoms with Crippen LogP contribution in [0.25, 0.3) is 0 Å². The molecule has 0 fully saturated rings. The summed E-state index contributed by atoms with van der Waals surface area (Å²) in [5, 5.41) is 2.70. The molecule has 2 rings (SSSR count). The van der Waals surface area contributed by atoms with Gasteiger partial charge in [0.1, 0.15) is 4.88 Å². The van der Waals surface area contributed by atoms with Crippen LogP contribution >= 0.6 is 22.9 Å². The fourth-order valence-corrected chi connectivity index (χ4v) is 3.00. The standard InChI is InChI=1S/C17H18ClNO5S/c1-22-12-4-3-11(9-13(12)23-2)7-8-19-16(20)10-24-17(21)14-5-6-15(18)25-14/h3-6,9H,7-8,10H2,1-2H3,(H,19,20). The summed E-state index contributed by atoms with van der Waals surface area (Å²) in [4.78, 5) is 23.8. The zero-order valence-corrected chi connectivity index (χ0v) is 15.4. The molecule has 2 aromatic rings. The molecule has 0 spiro atoms. The summed E-state index contributed by atoms with van der Waals surface area (Å²) < 4.78 is 15.8. The second-order valence-electron chi connectivity index (χ2n) is 4.97. The van der Waals surface area contributed by atoms with Crippen molar-refractivity contribution in [3.05, 3.63) is 45.1 Å². The van der Waals surface area contributed by atoms with Gasteiger partial charge in [0.25, 0.3) is 5.91 Å². The van der Waals surface area contributed by atoms with Gasteiger partial charge in [-0.05, 0) is 36.2 Å². The Bertz CT molecular complexity index is 746. The maximum absolute atomic E-state index is 11.7. The van der Waals surface area contributed by atoms with Gasteiger partial charge in [-0.2, -0.15) is 0 Å². The summed E-state index contributed by atoms with van der Waals surface area (Å²) in [6.45, 7) is 0.0803. The number of amides is 1. The molecule has 0 aliphatic rings. The molecular formula is C17H18ClNO5S. The first-order chi connectivity index (χ1) is 12.0. The van der Waals surface area contributed by atoms with Crippen LogP contribution in [0.15, 0.2) is 30.3 Å². The Kier molecular flexibility index (Phi) is 7.09. The van der Waals surface area contributed by atoms with Gasteiger partial charge in [-0.1, -0.05) is 17.7 Å². The molecule has 0 radical (unpaired) electrons. The smallest absolute Gasteiger partial charge is 0.348 e. The number of nitrogens with one attached hydrogen (secondary N) is 1. The Morgan fingerprint density at radius 2 is 1.88 bits per heavy atom. The molecule has 0 bridgehead atoms. The first-order valence-corrected chi connectivity index (χ1v) is 8.63.